The number of carbonyl (C=O) groups is 2. The molecule has 2 aromatic carbocycles. The summed E-state index contributed by atoms with van der Waals surface area (Å²) in [6, 6.07) is 12.7. The molecule has 2 rings (SSSR count). The minimum absolute atomic E-state index is 0.157. The predicted octanol–water partition coefficient (Wildman–Crippen LogP) is 4.34. The fraction of sp³-hybridized carbons (Fsp3) is 0.417. The molecule has 2 aromatic rings. The van der Waals surface area contributed by atoms with Crippen LogP contribution < -0.4 is 14.8 Å². The van der Waals surface area contributed by atoms with Crippen LogP contribution in [-0.4, -0.2) is 43.0 Å². The quantitative estimate of drug-likeness (QED) is 0.508. The van der Waals surface area contributed by atoms with E-state index in [-0.39, 0.29) is 18.4 Å². The number of hydrogen-bond acceptors (Lipinski definition) is 4. The van der Waals surface area contributed by atoms with Gasteiger partial charge in [0.15, 0.2) is 6.61 Å². The summed E-state index contributed by atoms with van der Waals surface area (Å²) in [4.78, 5) is 27.4. The number of ether oxygens (including phenoxy) is 2. The lowest BCUT2D eigenvalue weighted by Crippen LogP contribution is -2.50. The zero-order valence-electron chi connectivity index (χ0n) is 18.6. The van der Waals surface area contributed by atoms with E-state index < -0.39 is 6.04 Å². The molecule has 0 aliphatic carbocycles. The topological polar surface area (TPSA) is 67.9 Å². The third-order valence-corrected chi connectivity index (χ3v) is 5.62. The summed E-state index contributed by atoms with van der Waals surface area (Å²) in [5.41, 5.74) is 2.08. The molecule has 1 N–H and O–H groups in total. The zero-order chi connectivity index (χ0) is 22.8. The predicted molar refractivity (Wildman–Crippen MR) is 125 cm³/mol. The molecule has 1 unspecified atom stereocenters. The van der Waals surface area contributed by atoms with Crippen molar-refractivity contribution in [1.29, 1.82) is 0 Å². The summed E-state index contributed by atoms with van der Waals surface area (Å²) in [7, 11) is 1.61. The van der Waals surface area contributed by atoms with Crippen LogP contribution in [0.5, 0.6) is 11.5 Å². The number of methoxy groups -OCH3 is 1. The van der Waals surface area contributed by atoms with E-state index in [9.17, 15) is 9.59 Å². The number of likely N-dealkylation sites (N-methyl/N-ethyl adjacent to an activating group) is 1. The van der Waals surface area contributed by atoms with Crippen molar-refractivity contribution in [3.8, 4) is 11.5 Å². The molecular weight excluding hydrogens is 460 g/mol. The van der Waals surface area contributed by atoms with E-state index >= 15 is 0 Å². The van der Waals surface area contributed by atoms with Gasteiger partial charge in [-0.1, -0.05) is 32.0 Å². The maximum atomic E-state index is 13.2. The standard InChI is InChI=1S/C24H31BrN2O4/c1-5-17-10-13-22(20(25)14-17)31-16-23(28)27(21(6-2)24(29)26-7-3)15-18-8-11-19(30-4)12-9-18/h8-14,21H,5-7,15-16H2,1-4H3,(H,26,29). The molecule has 0 saturated heterocycles. The van der Waals surface area contributed by atoms with Crippen LogP contribution in [0.4, 0.5) is 0 Å². The molecule has 1 atom stereocenters. The van der Waals surface area contributed by atoms with E-state index in [0.29, 0.717) is 25.3 Å². The monoisotopic (exact) mass is 490 g/mol. The van der Waals surface area contributed by atoms with Gasteiger partial charge in [-0.05, 0) is 71.1 Å². The molecule has 0 saturated carbocycles. The molecule has 0 fully saturated rings. The van der Waals surface area contributed by atoms with Gasteiger partial charge in [-0.3, -0.25) is 9.59 Å². The van der Waals surface area contributed by atoms with Gasteiger partial charge in [-0.25, -0.2) is 0 Å². The lowest BCUT2D eigenvalue weighted by molar-refractivity contribution is -0.142. The Balaban J connectivity index is 2.20. The highest BCUT2D eigenvalue weighted by Crippen LogP contribution is 2.26. The molecule has 2 amide bonds. The fourth-order valence-corrected chi connectivity index (χ4v) is 3.78. The lowest BCUT2D eigenvalue weighted by atomic mass is 10.1. The van der Waals surface area contributed by atoms with Crippen LogP contribution in [0.15, 0.2) is 46.9 Å². The van der Waals surface area contributed by atoms with Crippen LogP contribution in [0, 0.1) is 0 Å². The van der Waals surface area contributed by atoms with Gasteiger partial charge in [0.2, 0.25) is 5.91 Å². The molecule has 6 nitrogen and oxygen atoms in total. The highest BCUT2D eigenvalue weighted by molar-refractivity contribution is 9.10. The van der Waals surface area contributed by atoms with E-state index in [2.05, 4.69) is 28.2 Å². The van der Waals surface area contributed by atoms with Crippen molar-refractivity contribution in [2.24, 2.45) is 0 Å². The largest absolute Gasteiger partial charge is 0.497 e. The Morgan fingerprint density at radius 2 is 1.74 bits per heavy atom. The average molecular weight is 491 g/mol. The number of hydrogen-bond donors (Lipinski definition) is 1. The van der Waals surface area contributed by atoms with Crippen LogP contribution in [0.1, 0.15) is 38.3 Å². The molecule has 31 heavy (non-hydrogen) atoms. The zero-order valence-corrected chi connectivity index (χ0v) is 20.2. The van der Waals surface area contributed by atoms with Crippen molar-refractivity contribution < 1.29 is 19.1 Å². The summed E-state index contributed by atoms with van der Waals surface area (Å²) in [6.07, 6.45) is 1.42. The third kappa shape index (κ3) is 6.99. The Bertz CT molecular complexity index is 870. The third-order valence-electron chi connectivity index (χ3n) is 5.00. The van der Waals surface area contributed by atoms with Gasteiger partial charge in [0.05, 0.1) is 11.6 Å². The summed E-state index contributed by atoms with van der Waals surface area (Å²) in [6.45, 7) is 6.49. The Labute approximate surface area is 193 Å². The van der Waals surface area contributed by atoms with E-state index in [1.54, 1.807) is 12.0 Å². The van der Waals surface area contributed by atoms with Crippen molar-refractivity contribution >= 4 is 27.7 Å². The molecule has 0 bridgehead atoms. The molecule has 0 aliphatic heterocycles. The van der Waals surface area contributed by atoms with E-state index in [0.717, 1.165) is 22.2 Å². The highest BCUT2D eigenvalue weighted by atomic mass is 79.9. The van der Waals surface area contributed by atoms with E-state index in [1.807, 2.05) is 56.3 Å². The fourth-order valence-electron chi connectivity index (χ4n) is 3.24. The number of amides is 2. The second-order valence-electron chi connectivity index (χ2n) is 7.10. The number of halogens is 1. The molecule has 0 aliphatic rings. The minimum atomic E-state index is -0.580. The second kappa shape index (κ2) is 12.3. The Hall–Kier alpha value is -2.54. The SMILES string of the molecule is CCNC(=O)C(CC)N(Cc1ccc(OC)cc1)C(=O)COc1ccc(CC)cc1Br. The summed E-state index contributed by atoms with van der Waals surface area (Å²) >= 11 is 3.50. The maximum Gasteiger partial charge on any atom is 0.261 e. The van der Waals surface area contributed by atoms with Crippen molar-refractivity contribution in [3.05, 3.63) is 58.1 Å². The molecule has 168 valence electrons. The summed E-state index contributed by atoms with van der Waals surface area (Å²) in [5.74, 6) is 0.919. The molecule has 7 heteroatoms. The molecule has 0 radical (unpaired) electrons. The van der Waals surface area contributed by atoms with E-state index in [4.69, 9.17) is 9.47 Å². The van der Waals surface area contributed by atoms with Gasteiger partial charge < -0.3 is 19.7 Å². The van der Waals surface area contributed by atoms with Gasteiger partial charge in [-0.2, -0.15) is 0 Å². The highest BCUT2D eigenvalue weighted by Gasteiger charge is 2.28. The average Bonchev–Trinajstić information content (AvgIpc) is 2.78. The van der Waals surface area contributed by atoms with Gasteiger partial charge in [0.1, 0.15) is 17.5 Å². The Kier molecular flexibility index (Phi) is 9.85. The van der Waals surface area contributed by atoms with Gasteiger partial charge in [0.25, 0.3) is 5.91 Å². The van der Waals surface area contributed by atoms with Crippen LogP contribution in [0.3, 0.4) is 0 Å². The number of benzene rings is 2. The molecule has 0 aromatic heterocycles. The molecular formula is C24H31BrN2O4. The van der Waals surface area contributed by atoms with Gasteiger partial charge in [-0.15, -0.1) is 0 Å². The normalized spacial score (nSPS) is 11.5. The minimum Gasteiger partial charge on any atom is -0.497 e. The van der Waals surface area contributed by atoms with Crippen LogP contribution in [-0.2, 0) is 22.6 Å². The Morgan fingerprint density at radius 1 is 1.06 bits per heavy atom. The lowest BCUT2D eigenvalue weighted by Gasteiger charge is -2.30. The van der Waals surface area contributed by atoms with Crippen LogP contribution in [0.25, 0.3) is 0 Å². The van der Waals surface area contributed by atoms with Crippen molar-refractivity contribution in [3.63, 3.8) is 0 Å². The smallest absolute Gasteiger partial charge is 0.261 e. The molecule has 0 spiro atoms. The number of rotatable bonds is 11. The first-order valence-corrected chi connectivity index (χ1v) is 11.3. The van der Waals surface area contributed by atoms with Crippen molar-refractivity contribution in [2.45, 2.75) is 46.2 Å². The van der Waals surface area contributed by atoms with Crippen molar-refractivity contribution in [1.82, 2.24) is 10.2 Å². The summed E-state index contributed by atoms with van der Waals surface area (Å²) < 4.78 is 11.8. The maximum absolute atomic E-state index is 13.2. The first-order chi connectivity index (χ1) is 14.9. The first-order valence-electron chi connectivity index (χ1n) is 10.5. The van der Waals surface area contributed by atoms with Crippen LogP contribution >= 0.6 is 15.9 Å². The van der Waals surface area contributed by atoms with Gasteiger partial charge in [0, 0.05) is 13.1 Å². The molecule has 0 heterocycles. The Morgan fingerprint density at radius 3 is 2.29 bits per heavy atom. The number of nitrogens with one attached hydrogen (secondary N) is 1. The summed E-state index contributed by atoms with van der Waals surface area (Å²) in [5, 5.41) is 2.83. The van der Waals surface area contributed by atoms with Crippen LogP contribution in [0.2, 0.25) is 0 Å². The first kappa shape index (κ1) is 24.7. The van der Waals surface area contributed by atoms with Gasteiger partial charge >= 0.3 is 0 Å². The number of carbonyl (C=O) groups excluding carboxylic acids is 2. The second-order valence-corrected chi connectivity index (χ2v) is 7.95. The number of aryl methyl sites for hydroxylation is 1. The van der Waals surface area contributed by atoms with E-state index in [1.165, 1.54) is 5.56 Å². The number of nitrogens with zero attached hydrogens (tertiary/aromatic N) is 1. The van der Waals surface area contributed by atoms with Crippen molar-refractivity contribution in [2.75, 3.05) is 20.3 Å².